The molecule has 45 heavy (non-hydrogen) atoms. The van der Waals surface area contributed by atoms with Crippen LogP contribution in [0.2, 0.25) is 0 Å². The molecule has 0 aromatic heterocycles. The van der Waals surface area contributed by atoms with E-state index in [1.54, 1.807) is 12.1 Å². The van der Waals surface area contributed by atoms with Gasteiger partial charge in [-0.1, -0.05) is 6.07 Å². The number of hydrogen-bond acceptors (Lipinski definition) is 14. The lowest BCUT2D eigenvalue weighted by Crippen LogP contribution is -2.58. The third-order valence-corrected chi connectivity index (χ3v) is 8.51. The van der Waals surface area contributed by atoms with Crippen LogP contribution in [-0.2, 0) is 25.5 Å². The summed E-state index contributed by atoms with van der Waals surface area (Å²) in [5.74, 6) is -0.0640. The normalized spacial score (nSPS) is 23.9. The fourth-order valence-electron chi connectivity index (χ4n) is 5.37. The van der Waals surface area contributed by atoms with E-state index in [9.17, 15) is 34.8 Å². The Morgan fingerprint density at radius 3 is 2.29 bits per heavy atom. The quantitative estimate of drug-likeness (QED) is 0.202. The number of esters is 1. The lowest BCUT2D eigenvalue weighted by molar-refractivity contribution is -0.287. The van der Waals surface area contributed by atoms with E-state index < -0.39 is 55.2 Å². The van der Waals surface area contributed by atoms with Gasteiger partial charge < -0.3 is 54.2 Å². The highest BCUT2D eigenvalue weighted by Gasteiger charge is 2.43. The van der Waals surface area contributed by atoms with E-state index in [0.717, 1.165) is 17.3 Å². The highest BCUT2D eigenvalue weighted by molar-refractivity contribution is 8.00. The maximum absolute atomic E-state index is 13.1. The van der Waals surface area contributed by atoms with E-state index in [2.05, 4.69) is 5.32 Å². The van der Waals surface area contributed by atoms with Gasteiger partial charge in [0.25, 0.3) is 0 Å². The maximum atomic E-state index is 13.1. The standard InChI is InChI=1S/C30H37NO13S/c1-39-19-8-6-15-16(10-18(19)32)17(7-5-14-9-20(40-2)28(41-3)29(42-4)24(14)15)31-22(33)12-45-13-23(34)43-11-21-25(35)26(36)27(37)30(38)44-21/h6,8-10,17,21,25-27,30,35-38H,5,7,11-13H2,1-4H3,(H,31,33)/t17-,21+,25+,26-,27-,30?/m0/s1. The number of amides is 1. The molecule has 1 saturated heterocycles. The van der Waals surface area contributed by atoms with Crippen molar-refractivity contribution in [3.8, 4) is 34.1 Å². The molecule has 0 saturated carbocycles. The monoisotopic (exact) mass is 651 g/mol. The number of thioether (sulfide) groups is 1. The van der Waals surface area contributed by atoms with Crippen molar-refractivity contribution in [2.24, 2.45) is 0 Å². The van der Waals surface area contributed by atoms with Crippen molar-refractivity contribution < 1.29 is 58.4 Å². The summed E-state index contributed by atoms with van der Waals surface area (Å²) in [6.07, 6.45) is -7.04. The van der Waals surface area contributed by atoms with Gasteiger partial charge in [-0.15, -0.1) is 11.8 Å². The first-order valence-corrected chi connectivity index (χ1v) is 15.1. The summed E-state index contributed by atoms with van der Waals surface area (Å²) >= 11 is 0.980. The molecule has 15 heteroatoms. The van der Waals surface area contributed by atoms with Crippen LogP contribution >= 0.6 is 11.8 Å². The maximum Gasteiger partial charge on any atom is 0.316 e. The van der Waals surface area contributed by atoms with Gasteiger partial charge in [0.05, 0.1) is 46.0 Å². The van der Waals surface area contributed by atoms with Crippen LogP contribution in [0.15, 0.2) is 29.1 Å². The molecule has 6 atom stereocenters. The van der Waals surface area contributed by atoms with E-state index in [0.29, 0.717) is 46.8 Å². The van der Waals surface area contributed by atoms with Crippen LogP contribution in [0.3, 0.4) is 0 Å². The van der Waals surface area contributed by atoms with Crippen molar-refractivity contribution in [1.82, 2.24) is 5.32 Å². The van der Waals surface area contributed by atoms with Crippen molar-refractivity contribution in [3.05, 3.63) is 45.6 Å². The number of aliphatic hydroxyl groups excluding tert-OH is 4. The van der Waals surface area contributed by atoms with Gasteiger partial charge in [-0.3, -0.25) is 14.4 Å². The Kier molecular flexibility index (Phi) is 11.5. The van der Waals surface area contributed by atoms with Gasteiger partial charge in [0, 0.05) is 5.56 Å². The van der Waals surface area contributed by atoms with Crippen LogP contribution < -0.4 is 29.7 Å². The van der Waals surface area contributed by atoms with Gasteiger partial charge in [-0.2, -0.15) is 0 Å². The number of carbonyl (C=O) groups is 2. The van der Waals surface area contributed by atoms with Crippen molar-refractivity contribution >= 4 is 23.6 Å². The molecule has 2 aromatic carbocycles. The van der Waals surface area contributed by atoms with Crippen molar-refractivity contribution in [2.75, 3.05) is 46.6 Å². The molecule has 1 heterocycles. The van der Waals surface area contributed by atoms with E-state index in [4.69, 9.17) is 28.4 Å². The molecule has 2 aromatic rings. The molecule has 1 aliphatic carbocycles. The predicted octanol–water partition coefficient (Wildman–Crippen LogP) is -0.0720. The first-order chi connectivity index (χ1) is 21.5. The van der Waals surface area contributed by atoms with Gasteiger partial charge in [0.15, 0.2) is 23.5 Å². The fraction of sp³-hybridized carbons (Fsp3) is 0.500. The minimum atomic E-state index is -1.75. The van der Waals surface area contributed by atoms with Crippen molar-refractivity contribution in [1.29, 1.82) is 0 Å². The van der Waals surface area contributed by atoms with Crippen LogP contribution in [0, 0.1) is 0 Å². The Bertz CT molecular complexity index is 1450. The van der Waals surface area contributed by atoms with Crippen LogP contribution in [0.25, 0.3) is 11.1 Å². The zero-order valence-electron chi connectivity index (χ0n) is 25.2. The molecule has 5 N–H and O–H groups in total. The van der Waals surface area contributed by atoms with E-state index in [1.807, 2.05) is 6.07 Å². The lowest BCUT2D eigenvalue weighted by atomic mass is 9.95. The molecular formula is C30H37NO13S. The summed E-state index contributed by atoms with van der Waals surface area (Å²) in [4.78, 5) is 38.3. The smallest absolute Gasteiger partial charge is 0.316 e. The second-order valence-electron chi connectivity index (χ2n) is 10.3. The number of ether oxygens (including phenoxy) is 6. The molecule has 14 nitrogen and oxygen atoms in total. The Hall–Kier alpha value is -3.60. The topological polar surface area (TPSA) is 200 Å². The molecule has 0 bridgehead atoms. The van der Waals surface area contributed by atoms with E-state index >= 15 is 0 Å². The second kappa shape index (κ2) is 15.1. The SMILES string of the molecule is COc1cc2c(c(OC)c1OC)-c1ccc(OC)c(=O)cc1[C@@H](NC(=O)CSCC(=O)OC[C@H]1OC(O)[C@@H](O)[C@@H](O)[C@@H]1O)CC2. The predicted molar refractivity (Wildman–Crippen MR) is 161 cm³/mol. The molecule has 0 spiro atoms. The molecule has 0 radical (unpaired) electrons. The average molecular weight is 652 g/mol. The van der Waals surface area contributed by atoms with Crippen LogP contribution in [0.5, 0.6) is 23.0 Å². The first-order valence-electron chi connectivity index (χ1n) is 14.0. The molecule has 246 valence electrons. The second-order valence-corrected chi connectivity index (χ2v) is 11.3. The number of aliphatic hydroxyl groups is 4. The summed E-state index contributed by atoms with van der Waals surface area (Å²) < 4.78 is 32.2. The Labute approximate surface area is 263 Å². The van der Waals surface area contributed by atoms with E-state index in [1.165, 1.54) is 34.5 Å². The fourth-order valence-corrected chi connectivity index (χ4v) is 5.99. The molecule has 1 amide bonds. The van der Waals surface area contributed by atoms with Gasteiger partial charge in [-0.05, 0) is 47.7 Å². The van der Waals surface area contributed by atoms with Gasteiger partial charge in [-0.25, -0.2) is 0 Å². The summed E-state index contributed by atoms with van der Waals surface area (Å²) in [5.41, 5.74) is 2.36. The largest absolute Gasteiger partial charge is 0.493 e. The number of fused-ring (bicyclic) bond motifs is 3. The van der Waals surface area contributed by atoms with Gasteiger partial charge >= 0.3 is 5.97 Å². The molecule has 2 aliphatic rings. The number of rotatable bonds is 11. The highest BCUT2D eigenvalue weighted by atomic mass is 32.2. The Morgan fingerprint density at radius 2 is 1.62 bits per heavy atom. The summed E-state index contributed by atoms with van der Waals surface area (Å²) in [6, 6.07) is 5.99. The minimum Gasteiger partial charge on any atom is -0.493 e. The third kappa shape index (κ3) is 7.45. The molecule has 1 fully saturated rings. The van der Waals surface area contributed by atoms with Crippen molar-refractivity contribution in [3.63, 3.8) is 0 Å². The number of hydrogen-bond donors (Lipinski definition) is 5. The first kappa shape index (κ1) is 34.3. The highest BCUT2D eigenvalue weighted by Crippen LogP contribution is 2.50. The molecule has 1 aliphatic heterocycles. The van der Waals surface area contributed by atoms with Crippen LogP contribution in [-0.4, -0.2) is 110 Å². The zero-order valence-corrected chi connectivity index (χ0v) is 26.0. The Morgan fingerprint density at radius 1 is 0.911 bits per heavy atom. The summed E-state index contributed by atoms with van der Waals surface area (Å²) in [7, 11) is 5.92. The number of benzene rings is 1. The number of methoxy groups -OCH3 is 4. The van der Waals surface area contributed by atoms with Crippen molar-refractivity contribution in [2.45, 2.75) is 49.6 Å². The third-order valence-electron chi connectivity index (χ3n) is 7.60. The molecule has 1 unspecified atom stereocenters. The zero-order chi connectivity index (χ0) is 32.8. The molecule has 4 rings (SSSR count). The lowest BCUT2D eigenvalue weighted by Gasteiger charge is -2.37. The number of nitrogens with one attached hydrogen (secondary N) is 1. The van der Waals surface area contributed by atoms with E-state index in [-0.39, 0.29) is 22.7 Å². The average Bonchev–Trinajstić information content (AvgIpc) is 3.28. The van der Waals surface area contributed by atoms with Crippen LogP contribution in [0.4, 0.5) is 0 Å². The van der Waals surface area contributed by atoms with Crippen LogP contribution in [0.1, 0.15) is 23.6 Å². The minimum absolute atomic E-state index is 0.114. The number of carbonyl (C=O) groups excluding carboxylic acids is 2. The summed E-state index contributed by atoms with van der Waals surface area (Å²) in [6.45, 7) is -0.482. The number of aryl methyl sites for hydroxylation is 1. The van der Waals surface area contributed by atoms with Gasteiger partial charge in [0.2, 0.25) is 17.1 Å². The van der Waals surface area contributed by atoms with Gasteiger partial charge in [0.1, 0.15) is 31.0 Å². The Balaban J connectivity index is 1.48. The summed E-state index contributed by atoms with van der Waals surface area (Å²) in [5, 5.41) is 41.9. The molecular weight excluding hydrogens is 614 g/mol.